The summed E-state index contributed by atoms with van der Waals surface area (Å²) in [7, 11) is 1.55. The Labute approximate surface area is 232 Å². The highest BCUT2D eigenvalue weighted by atomic mass is 19.4. The molecule has 1 aromatic heterocycles. The molecule has 1 saturated heterocycles. The summed E-state index contributed by atoms with van der Waals surface area (Å²) in [6.45, 7) is 2.15. The summed E-state index contributed by atoms with van der Waals surface area (Å²) in [6, 6.07) is 10.5. The number of alkyl halides is 3. The van der Waals surface area contributed by atoms with E-state index in [1.54, 1.807) is 37.4 Å². The standard InChI is InChI=1S/C27H30F5N5O4/c1-16-24(37(20-6-4-3-5-7-20)35-25(16)41-15-23(38)27(30,31)32)34-26(39)33-22-14-36(8-9-40-2)13-21(22)17-10-18(28)12-19(29)11-17/h3-7,10-12,21-23,38H,8-9,13-15H2,1-2H3,(H2,33,34,39)/t21-,22+,23+/m0/s1. The molecule has 0 spiro atoms. The number of aliphatic hydroxyl groups excluding tert-OH is 1. The Bertz CT molecular complexity index is 1320. The second-order valence-electron chi connectivity index (χ2n) is 9.66. The van der Waals surface area contributed by atoms with Crippen LogP contribution in [0, 0.1) is 18.6 Å². The van der Waals surface area contributed by atoms with Crippen molar-refractivity contribution in [2.24, 2.45) is 0 Å². The molecule has 1 fully saturated rings. The van der Waals surface area contributed by atoms with E-state index in [1.807, 2.05) is 4.90 Å². The summed E-state index contributed by atoms with van der Waals surface area (Å²) in [5, 5.41) is 19.1. The van der Waals surface area contributed by atoms with Crippen LogP contribution in [0.5, 0.6) is 5.88 Å². The molecular weight excluding hydrogens is 553 g/mol. The number of nitrogens with one attached hydrogen (secondary N) is 2. The fourth-order valence-electron chi connectivity index (χ4n) is 4.64. The van der Waals surface area contributed by atoms with Gasteiger partial charge in [-0.25, -0.2) is 18.3 Å². The number of para-hydroxylation sites is 1. The van der Waals surface area contributed by atoms with E-state index >= 15 is 0 Å². The van der Waals surface area contributed by atoms with E-state index in [2.05, 4.69) is 15.7 Å². The largest absolute Gasteiger partial charge is 0.473 e. The van der Waals surface area contributed by atoms with Crippen LogP contribution in [0.3, 0.4) is 0 Å². The van der Waals surface area contributed by atoms with Crippen molar-refractivity contribution in [3.05, 3.63) is 71.3 Å². The number of aliphatic hydroxyl groups is 1. The molecule has 0 radical (unpaired) electrons. The van der Waals surface area contributed by atoms with Gasteiger partial charge in [0.05, 0.1) is 23.9 Å². The number of aromatic nitrogens is 2. The third-order valence-electron chi connectivity index (χ3n) is 6.70. The smallest absolute Gasteiger partial charge is 0.417 e. The van der Waals surface area contributed by atoms with Crippen molar-refractivity contribution in [1.29, 1.82) is 0 Å². The number of carbonyl (C=O) groups excluding carboxylic acids is 1. The second kappa shape index (κ2) is 12.8. The van der Waals surface area contributed by atoms with Gasteiger partial charge in [0.25, 0.3) is 0 Å². The van der Waals surface area contributed by atoms with Crippen molar-refractivity contribution in [3.63, 3.8) is 0 Å². The van der Waals surface area contributed by atoms with Crippen molar-refractivity contribution < 1.29 is 41.3 Å². The minimum Gasteiger partial charge on any atom is -0.473 e. The topological polar surface area (TPSA) is 101 Å². The molecule has 0 unspecified atom stereocenters. The van der Waals surface area contributed by atoms with Crippen LogP contribution in [0.25, 0.3) is 5.69 Å². The number of likely N-dealkylation sites (tertiary alicyclic amines) is 1. The quantitative estimate of drug-likeness (QED) is 0.312. The fourth-order valence-corrected chi connectivity index (χ4v) is 4.64. The van der Waals surface area contributed by atoms with Gasteiger partial charge in [0.2, 0.25) is 5.88 Å². The van der Waals surface area contributed by atoms with Crippen molar-refractivity contribution >= 4 is 11.8 Å². The maximum atomic E-state index is 14.0. The van der Waals surface area contributed by atoms with Gasteiger partial charge in [-0.2, -0.15) is 13.2 Å². The lowest BCUT2D eigenvalue weighted by Crippen LogP contribution is -2.42. The zero-order valence-electron chi connectivity index (χ0n) is 22.3. The lowest BCUT2D eigenvalue weighted by Gasteiger charge is -2.21. The molecule has 1 aliphatic rings. The number of anilines is 1. The Morgan fingerprint density at radius 2 is 1.83 bits per heavy atom. The SMILES string of the molecule is COCCN1C[C@@H](NC(=O)Nc2c(C)c(OC[C@@H](O)C(F)(F)F)nn2-c2ccccc2)[C@H](c2cc(F)cc(F)c2)C1. The van der Waals surface area contributed by atoms with Crippen LogP contribution in [0.2, 0.25) is 0 Å². The van der Waals surface area contributed by atoms with E-state index in [-0.39, 0.29) is 17.3 Å². The zero-order valence-corrected chi connectivity index (χ0v) is 22.3. The number of nitrogens with zero attached hydrogens (tertiary/aromatic N) is 3. The molecule has 3 N–H and O–H groups in total. The Morgan fingerprint density at radius 1 is 1.15 bits per heavy atom. The second-order valence-corrected chi connectivity index (χ2v) is 9.66. The number of methoxy groups -OCH3 is 1. The number of amides is 2. The van der Waals surface area contributed by atoms with Crippen molar-refractivity contribution in [1.82, 2.24) is 20.0 Å². The number of carbonyl (C=O) groups is 1. The molecule has 0 aliphatic carbocycles. The first-order valence-electron chi connectivity index (χ1n) is 12.7. The Kier molecular flexibility index (Phi) is 9.46. The van der Waals surface area contributed by atoms with Crippen LogP contribution >= 0.6 is 0 Å². The minimum absolute atomic E-state index is 0.118. The molecule has 41 heavy (non-hydrogen) atoms. The molecule has 2 amide bonds. The summed E-state index contributed by atoms with van der Waals surface area (Å²) in [5.74, 6) is -2.00. The molecule has 1 aliphatic heterocycles. The monoisotopic (exact) mass is 583 g/mol. The molecule has 3 atom stereocenters. The molecule has 0 saturated carbocycles. The number of benzene rings is 2. The van der Waals surface area contributed by atoms with E-state index in [0.29, 0.717) is 37.5 Å². The first-order chi connectivity index (χ1) is 19.5. The highest BCUT2D eigenvalue weighted by Crippen LogP contribution is 2.31. The fraction of sp³-hybridized carbons (Fsp3) is 0.407. The van der Waals surface area contributed by atoms with E-state index in [1.165, 1.54) is 23.7 Å². The van der Waals surface area contributed by atoms with Gasteiger partial charge in [0, 0.05) is 38.7 Å². The van der Waals surface area contributed by atoms with Gasteiger partial charge in [-0.1, -0.05) is 18.2 Å². The summed E-state index contributed by atoms with van der Waals surface area (Å²) in [6.07, 6.45) is -7.60. The molecule has 2 heterocycles. The predicted molar refractivity (Wildman–Crippen MR) is 139 cm³/mol. The molecular formula is C27H30F5N5O4. The van der Waals surface area contributed by atoms with Crippen LogP contribution < -0.4 is 15.4 Å². The zero-order chi connectivity index (χ0) is 29.7. The van der Waals surface area contributed by atoms with Crippen molar-refractivity contribution in [2.75, 3.05) is 45.3 Å². The Morgan fingerprint density at radius 3 is 2.46 bits per heavy atom. The van der Waals surface area contributed by atoms with Crippen LogP contribution in [-0.2, 0) is 4.74 Å². The molecule has 0 bridgehead atoms. The van der Waals surface area contributed by atoms with Gasteiger partial charge < -0.3 is 19.9 Å². The van der Waals surface area contributed by atoms with Crippen molar-refractivity contribution in [3.8, 4) is 11.6 Å². The normalized spacial score (nSPS) is 18.3. The summed E-state index contributed by atoms with van der Waals surface area (Å²) in [5.41, 5.74) is 1.09. The summed E-state index contributed by atoms with van der Waals surface area (Å²) >= 11 is 0. The molecule has 4 rings (SSSR count). The molecule has 14 heteroatoms. The maximum Gasteiger partial charge on any atom is 0.417 e. The first kappa shape index (κ1) is 30.2. The lowest BCUT2D eigenvalue weighted by atomic mass is 9.94. The average Bonchev–Trinajstić information content (AvgIpc) is 3.45. The number of urea groups is 1. The van der Waals surface area contributed by atoms with Crippen molar-refractivity contribution in [2.45, 2.75) is 31.2 Å². The molecule has 3 aromatic rings. The van der Waals surface area contributed by atoms with E-state index in [0.717, 1.165) is 6.07 Å². The van der Waals surface area contributed by atoms with Gasteiger partial charge in [0.15, 0.2) is 6.10 Å². The highest BCUT2D eigenvalue weighted by molar-refractivity contribution is 5.90. The average molecular weight is 584 g/mol. The van der Waals surface area contributed by atoms with Crippen LogP contribution in [-0.4, -0.2) is 84.1 Å². The van der Waals surface area contributed by atoms with Gasteiger partial charge in [0.1, 0.15) is 24.1 Å². The van der Waals surface area contributed by atoms with Crippen LogP contribution in [0.4, 0.5) is 32.6 Å². The van der Waals surface area contributed by atoms with Gasteiger partial charge in [-0.05, 0) is 36.8 Å². The number of ether oxygens (including phenoxy) is 2. The minimum atomic E-state index is -4.88. The summed E-state index contributed by atoms with van der Waals surface area (Å²) < 4.78 is 78.0. The summed E-state index contributed by atoms with van der Waals surface area (Å²) in [4.78, 5) is 15.3. The molecule has 2 aromatic carbocycles. The van der Waals surface area contributed by atoms with Gasteiger partial charge in [-0.3, -0.25) is 10.2 Å². The molecule has 222 valence electrons. The van der Waals surface area contributed by atoms with Gasteiger partial charge in [-0.15, -0.1) is 5.10 Å². The first-order valence-corrected chi connectivity index (χ1v) is 12.7. The van der Waals surface area contributed by atoms with Crippen LogP contribution in [0.1, 0.15) is 17.0 Å². The third kappa shape index (κ3) is 7.51. The third-order valence-corrected chi connectivity index (χ3v) is 6.70. The maximum absolute atomic E-state index is 14.0. The van der Waals surface area contributed by atoms with E-state index in [9.17, 15) is 31.9 Å². The van der Waals surface area contributed by atoms with E-state index < -0.39 is 48.5 Å². The highest BCUT2D eigenvalue weighted by Gasteiger charge is 2.39. The number of halogens is 5. The number of hydrogen-bond acceptors (Lipinski definition) is 6. The van der Waals surface area contributed by atoms with Gasteiger partial charge >= 0.3 is 12.2 Å². The number of hydrogen-bond donors (Lipinski definition) is 3. The lowest BCUT2D eigenvalue weighted by molar-refractivity contribution is -0.210. The van der Waals surface area contributed by atoms with E-state index in [4.69, 9.17) is 9.47 Å². The molecule has 9 nitrogen and oxygen atoms in total. The predicted octanol–water partition coefficient (Wildman–Crippen LogP) is 4.00. The Hall–Kier alpha value is -3.75. The number of rotatable bonds is 10. The van der Waals surface area contributed by atoms with Crippen LogP contribution in [0.15, 0.2) is 48.5 Å². The Balaban J connectivity index is 1.57.